The van der Waals surface area contributed by atoms with Crippen molar-refractivity contribution in [2.24, 2.45) is 0 Å². The molecule has 0 fully saturated rings. The van der Waals surface area contributed by atoms with Gasteiger partial charge in [-0.15, -0.1) is 0 Å². The van der Waals surface area contributed by atoms with Crippen molar-refractivity contribution in [1.29, 1.82) is 0 Å². The van der Waals surface area contributed by atoms with E-state index in [0.717, 1.165) is 17.6 Å². The number of rotatable bonds is 5. The van der Waals surface area contributed by atoms with E-state index in [0.29, 0.717) is 17.1 Å². The summed E-state index contributed by atoms with van der Waals surface area (Å²) >= 11 is 0. The van der Waals surface area contributed by atoms with Crippen molar-refractivity contribution in [2.45, 2.75) is 38.6 Å². The number of anilines is 1. The van der Waals surface area contributed by atoms with Gasteiger partial charge in [0.25, 0.3) is 5.91 Å². The molecular formula is C21H24N4O3S. The fourth-order valence-electron chi connectivity index (χ4n) is 3.14. The molecule has 1 aromatic carbocycles. The molecule has 0 aliphatic rings. The van der Waals surface area contributed by atoms with Crippen LogP contribution < -0.4 is 4.90 Å². The van der Waals surface area contributed by atoms with Gasteiger partial charge in [0, 0.05) is 29.9 Å². The van der Waals surface area contributed by atoms with Gasteiger partial charge in [0.1, 0.15) is 0 Å². The fraction of sp³-hybridized carbons (Fsp3) is 0.286. The zero-order valence-corrected chi connectivity index (χ0v) is 17.9. The molecule has 0 atom stereocenters. The number of benzene rings is 1. The van der Waals surface area contributed by atoms with Crippen molar-refractivity contribution in [3.8, 4) is 5.82 Å². The summed E-state index contributed by atoms with van der Waals surface area (Å²) in [6.07, 6.45) is 2.69. The van der Waals surface area contributed by atoms with Gasteiger partial charge in [0.2, 0.25) is 0 Å². The summed E-state index contributed by atoms with van der Waals surface area (Å²) in [6.45, 7) is 7.67. The van der Waals surface area contributed by atoms with Crippen molar-refractivity contribution in [1.82, 2.24) is 14.8 Å². The topological polar surface area (TPSA) is 85.2 Å². The van der Waals surface area contributed by atoms with Crippen LogP contribution in [-0.2, 0) is 9.84 Å². The van der Waals surface area contributed by atoms with Crippen LogP contribution in [0.4, 0.5) is 5.69 Å². The summed E-state index contributed by atoms with van der Waals surface area (Å²) in [6, 6.07) is 11.6. The Labute approximate surface area is 170 Å². The van der Waals surface area contributed by atoms with E-state index in [2.05, 4.69) is 10.1 Å². The highest BCUT2D eigenvalue weighted by atomic mass is 32.2. The van der Waals surface area contributed by atoms with Crippen LogP contribution in [0.25, 0.3) is 5.82 Å². The van der Waals surface area contributed by atoms with Crippen molar-refractivity contribution >= 4 is 21.4 Å². The predicted octanol–water partition coefficient (Wildman–Crippen LogP) is 3.34. The highest BCUT2D eigenvalue weighted by Gasteiger charge is 2.22. The van der Waals surface area contributed by atoms with E-state index in [9.17, 15) is 13.2 Å². The molecule has 0 aliphatic carbocycles. The summed E-state index contributed by atoms with van der Waals surface area (Å²) in [7, 11) is -3.29. The summed E-state index contributed by atoms with van der Waals surface area (Å²) < 4.78 is 25.1. The Hall–Kier alpha value is -3.00. The minimum atomic E-state index is -3.29. The predicted molar refractivity (Wildman–Crippen MR) is 112 cm³/mol. The Morgan fingerprint density at radius 1 is 1.07 bits per heavy atom. The molecule has 0 radical (unpaired) electrons. The number of hydrogen-bond acceptors (Lipinski definition) is 5. The van der Waals surface area contributed by atoms with Crippen LogP contribution in [-0.4, -0.2) is 41.4 Å². The Morgan fingerprint density at radius 3 is 2.17 bits per heavy atom. The van der Waals surface area contributed by atoms with Crippen LogP contribution >= 0.6 is 0 Å². The molecule has 0 spiro atoms. The van der Waals surface area contributed by atoms with E-state index in [1.165, 1.54) is 18.3 Å². The molecule has 0 N–H and O–H groups in total. The van der Waals surface area contributed by atoms with E-state index >= 15 is 0 Å². The Bertz CT molecular complexity index is 1130. The van der Waals surface area contributed by atoms with Gasteiger partial charge < -0.3 is 4.90 Å². The van der Waals surface area contributed by atoms with E-state index in [-0.39, 0.29) is 16.8 Å². The third-order valence-electron chi connectivity index (χ3n) is 4.50. The zero-order chi connectivity index (χ0) is 21.3. The minimum Gasteiger partial charge on any atom is -0.306 e. The quantitative estimate of drug-likeness (QED) is 0.642. The van der Waals surface area contributed by atoms with Gasteiger partial charge in [-0.1, -0.05) is 0 Å². The first-order chi connectivity index (χ1) is 13.6. The van der Waals surface area contributed by atoms with Crippen molar-refractivity contribution in [3.63, 3.8) is 0 Å². The molecule has 0 saturated heterocycles. The van der Waals surface area contributed by atoms with E-state index in [4.69, 9.17) is 0 Å². The van der Waals surface area contributed by atoms with Crippen molar-refractivity contribution in [2.75, 3.05) is 11.2 Å². The molecule has 2 aromatic heterocycles. The molecule has 3 rings (SSSR count). The first-order valence-corrected chi connectivity index (χ1v) is 11.1. The monoisotopic (exact) mass is 412 g/mol. The molecule has 8 heteroatoms. The summed E-state index contributed by atoms with van der Waals surface area (Å²) in [4.78, 5) is 19.4. The number of hydrogen-bond donors (Lipinski definition) is 0. The maximum Gasteiger partial charge on any atom is 0.260 e. The standard InChI is InChI=1S/C21H24N4O3S/c1-14(2)24(18-7-9-19(10-8-18)29(5,27)28)21(26)17-6-11-20(22-13-17)25-16(4)12-15(3)23-25/h6-14H,1-5H3. The molecule has 2 heterocycles. The van der Waals surface area contributed by atoms with Gasteiger partial charge in [-0.2, -0.15) is 5.10 Å². The van der Waals surface area contributed by atoms with Gasteiger partial charge in [-0.3, -0.25) is 4.79 Å². The van der Waals surface area contributed by atoms with Gasteiger partial charge in [0.05, 0.1) is 16.2 Å². The highest BCUT2D eigenvalue weighted by Crippen LogP contribution is 2.23. The number of carbonyl (C=O) groups excluding carboxylic acids is 1. The second-order valence-corrected chi connectivity index (χ2v) is 9.29. The molecule has 152 valence electrons. The smallest absolute Gasteiger partial charge is 0.260 e. The average Bonchev–Trinajstić information content (AvgIpc) is 2.99. The lowest BCUT2D eigenvalue weighted by Crippen LogP contribution is -2.37. The molecule has 0 saturated carbocycles. The number of sulfone groups is 1. The molecule has 0 aliphatic heterocycles. The van der Waals surface area contributed by atoms with Gasteiger partial charge in [-0.05, 0) is 70.2 Å². The number of nitrogens with zero attached hydrogens (tertiary/aromatic N) is 4. The molecule has 1 amide bonds. The fourth-order valence-corrected chi connectivity index (χ4v) is 3.77. The maximum atomic E-state index is 13.1. The molecule has 0 bridgehead atoms. The van der Waals surface area contributed by atoms with Crippen LogP contribution in [0.2, 0.25) is 0 Å². The number of carbonyl (C=O) groups is 1. The van der Waals surface area contributed by atoms with E-state index < -0.39 is 9.84 Å². The summed E-state index contributed by atoms with van der Waals surface area (Å²) in [5.74, 6) is 0.431. The Morgan fingerprint density at radius 2 is 1.72 bits per heavy atom. The Balaban J connectivity index is 1.90. The molecule has 0 unspecified atom stereocenters. The SMILES string of the molecule is Cc1cc(C)n(-c2ccc(C(=O)N(c3ccc(S(C)(=O)=O)cc3)C(C)C)cn2)n1. The first-order valence-electron chi connectivity index (χ1n) is 9.21. The number of aromatic nitrogens is 3. The van der Waals surface area contributed by atoms with E-state index in [1.807, 2.05) is 33.8 Å². The van der Waals surface area contributed by atoms with E-state index in [1.54, 1.807) is 33.8 Å². The van der Waals surface area contributed by atoms with Crippen LogP contribution in [0.5, 0.6) is 0 Å². The van der Waals surface area contributed by atoms with Gasteiger partial charge in [-0.25, -0.2) is 18.1 Å². The second kappa shape index (κ2) is 7.79. The summed E-state index contributed by atoms with van der Waals surface area (Å²) in [5, 5.41) is 4.40. The lowest BCUT2D eigenvalue weighted by Gasteiger charge is -2.27. The molecule has 7 nitrogen and oxygen atoms in total. The number of amides is 1. The maximum absolute atomic E-state index is 13.1. The van der Waals surface area contributed by atoms with Crippen LogP contribution in [0.3, 0.4) is 0 Å². The normalized spacial score (nSPS) is 11.7. The van der Waals surface area contributed by atoms with Gasteiger partial charge >= 0.3 is 0 Å². The van der Waals surface area contributed by atoms with Crippen molar-refractivity contribution in [3.05, 3.63) is 65.6 Å². The lowest BCUT2D eigenvalue weighted by molar-refractivity contribution is 0.0980. The second-order valence-electron chi connectivity index (χ2n) is 7.28. The lowest BCUT2D eigenvalue weighted by atomic mass is 10.1. The third-order valence-corrected chi connectivity index (χ3v) is 5.63. The highest BCUT2D eigenvalue weighted by molar-refractivity contribution is 7.90. The molecule has 29 heavy (non-hydrogen) atoms. The first kappa shape index (κ1) is 20.7. The summed E-state index contributed by atoms with van der Waals surface area (Å²) in [5.41, 5.74) is 2.92. The average molecular weight is 413 g/mol. The van der Waals surface area contributed by atoms with Crippen LogP contribution in [0, 0.1) is 13.8 Å². The zero-order valence-electron chi connectivity index (χ0n) is 17.1. The van der Waals surface area contributed by atoms with Crippen LogP contribution in [0.15, 0.2) is 53.6 Å². The van der Waals surface area contributed by atoms with Gasteiger partial charge in [0.15, 0.2) is 15.7 Å². The third kappa shape index (κ3) is 4.37. The molecular weight excluding hydrogens is 388 g/mol. The van der Waals surface area contributed by atoms with Crippen molar-refractivity contribution < 1.29 is 13.2 Å². The minimum absolute atomic E-state index is 0.123. The Kier molecular flexibility index (Phi) is 5.57. The molecule has 3 aromatic rings. The largest absolute Gasteiger partial charge is 0.306 e. The number of aryl methyl sites for hydroxylation is 2. The van der Waals surface area contributed by atoms with Crippen LogP contribution in [0.1, 0.15) is 35.6 Å². The number of pyridine rings is 1.